The van der Waals surface area contributed by atoms with E-state index in [1.807, 2.05) is 0 Å². The van der Waals surface area contributed by atoms with Crippen LogP contribution in [0.3, 0.4) is 0 Å². The summed E-state index contributed by atoms with van der Waals surface area (Å²) in [5.41, 5.74) is 0. The average molecular weight is 679 g/mol. The molecule has 0 aliphatic rings. The number of hydrogen-bond donors (Lipinski definition) is 0. The van der Waals surface area contributed by atoms with E-state index in [-0.39, 0.29) is 37.1 Å². The predicted molar refractivity (Wildman–Crippen MR) is 94.2 cm³/mol. The number of rotatable bonds is 2. The summed E-state index contributed by atoms with van der Waals surface area (Å²) in [7, 11) is -8.58. The van der Waals surface area contributed by atoms with E-state index in [4.69, 9.17) is 0 Å². The van der Waals surface area contributed by atoms with Crippen LogP contribution in [0.5, 0.6) is 0 Å². The van der Waals surface area contributed by atoms with E-state index >= 15 is 0 Å². The zero-order valence-electron chi connectivity index (χ0n) is 11.3. The van der Waals surface area contributed by atoms with Crippen LogP contribution in [0.4, 0.5) is 0 Å². The third-order valence-corrected chi connectivity index (χ3v) is 6.61. The van der Waals surface area contributed by atoms with Gasteiger partial charge in [-0.1, -0.05) is 24.3 Å². The van der Waals surface area contributed by atoms with Crippen molar-refractivity contribution < 1.29 is 53.2 Å². The fourth-order valence-electron chi connectivity index (χ4n) is 1.29. The van der Waals surface area contributed by atoms with E-state index in [9.17, 15) is 25.9 Å². The zero-order chi connectivity index (χ0) is 17.0. The van der Waals surface area contributed by atoms with Gasteiger partial charge in [-0.2, -0.15) is 0 Å². The first-order valence-corrected chi connectivity index (χ1v) is 10.4. The molecule has 0 bridgehead atoms. The molecule has 11 heteroatoms. The Morgan fingerprint density at radius 3 is 1.09 bits per heavy atom. The van der Waals surface area contributed by atoms with Crippen molar-refractivity contribution in [2.75, 3.05) is 0 Å². The summed E-state index contributed by atoms with van der Waals surface area (Å²) in [4.78, 5) is -0.304. The summed E-state index contributed by atoms with van der Waals surface area (Å²) in [6.45, 7) is 0. The van der Waals surface area contributed by atoms with Gasteiger partial charge in [0.15, 0.2) is 0 Å². The van der Waals surface area contributed by atoms with E-state index in [1.165, 1.54) is 24.3 Å². The molecule has 0 saturated carbocycles. The third-order valence-electron chi connectivity index (χ3n) is 2.21. The molecular weight excluding hydrogens is 670 g/mol. The molecule has 2 aromatic carbocycles. The molecule has 23 heavy (non-hydrogen) atoms. The fraction of sp³-hybridized carbons (Fsp3) is 0. The van der Waals surface area contributed by atoms with Crippen LogP contribution in [-0.4, -0.2) is 25.9 Å². The van der Waals surface area contributed by atoms with Crippen molar-refractivity contribution in [3.8, 4) is 0 Å². The Morgan fingerprint density at radius 1 is 0.652 bits per heavy atom. The van der Waals surface area contributed by atoms with Gasteiger partial charge in [-0.3, -0.25) is 0 Å². The Kier molecular flexibility index (Phi) is 10.2. The molecular formula is C12H8CdI2O6S2. The Bertz CT molecular complexity index is 795. The first-order valence-electron chi connectivity index (χ1n) is 5.44. The molecule has 0 fully saturated rings. The molecule has 2 aromatic rings. The molecule has 0 aromatic heterocycles. The van der Waals surface area contributed by atoms with Crippen LogP contribution < -0.4 is 0 Å². The molecule has 0 unspecified atom stereocenters. The average Bonchev–Trinajstić information content (AvgIpc) is 2.37. The Balaban J connectivity index is 0.000000403. The van der Waals surface area contributed by atoms with Crippen molar-refractivity contribution in [1.29, 1.82) is 0 Å². The van der Waals surface area contributed by atoms with Gasteiger partial charge < -0.3 is 9.11 Å². The van der Waals surface area contributed by atoms with Crippen LogP contribution in [0.1, 0.15) is 0 Å². The van der Waals surface area contributed by atoms with Gasteiger partial charge in [0.1, 0.15) is 20.2 Å². The maximum Gasteiger partial charge on any atom is 2.00 e. The zero-order valence-corrected chi connectivity index (χ0v) is 21.3. The van der Waals surface area contributed by atoms with E-state index in [2.05, 4.69) is 0 Å². The van der Waals surface area contributed by atoms with Crippen molar-refractivity contribution >= 4 is 65.4 Å². The molecule has 0 atom stereocenters. The summed E-state index contributed by atoms with van der Waals surface area (Å²) >= 11 is 3.61. The van der Waals surface area contributed by atoms with E-state index in [0.29, 0.717) is 7.14 Å². The number of halogens is 2. The van der Waals surface area contributed by atoms with Gasteiger partial charge in [0, 0.05) is 7.14 Å². The molecule has 0 radical (unpaired) electrons. The molecule has 0 heterocycles. The van der Waals surface area contributed by atoms with Crippen molar-refractivity contribution in [1.82, 2.24) is 0 Å². The van der Waals surface area contributed by atoms with Crippen molar-refractivity contribution in [3.05, 3.63) is 55.7 Å². The molecule has 0 aliphatic carbocycles. The Morgan fingerprint density at radius 2 is 0.913 bits per heavy atom. The van der Waals surface area contributed by atoms with E-state index in [0.717, 1.165) is 0 Å². The smallest absolute Gasteiger partial charge is 0.744 e. The fourth-order valence-corrected chi connectivity index (χ4v) is 4.79. The van der Waals surface area contributed by atoms with E-state index in [1.54, 1.807) is 69.4 Å². The maximum absolute atomic E-state index is 10.5. The molecule has 0 spiro atoms. The Labute approximate surface area is 182 Å². The second-order valence-corrected chi connectivity index (χ2v) is 8.79. The SMILES string of the molecule is O=S(=O)([O-])c1ccccc1I.O=S(=O)([O-])c1ccccc1I.[Cd+2]. The third kappa shape index (κ3) is 8.04. The van der Waals surface area contributed by atoms with E-state index < -0.39 is 20.2 Å². The number of benzene rings is 2. The van der Waals surface area contributed by atoms with Gasteiger partial charge >= 0.3 is 27.3 Å². The van der Waals surface area contributed by atoms with Crippen LogP contribution in [0.2, 0.25) is 0 Å². The molecule has 0 saturated heterocycles. The minimum atomic E-state index is -4.29. The normalized spacial score (nSPS) is 11.0. The number of hydrogen-bond acceptors (Lipinski definition) is 6. The molecule has 0 N–H and O–H groups in total. The van der Waals surface area contributed by atoms with Crippen molar-refractivity contribution in [3.63, 3.8) is 0 Å². The van der Waals surface area contributed by atoms with Crippen LogP contribution in [0.15, 0.2) is 58.3 Å². The van der Waals surface area contributed by atoms with Crippen LogP contribution in [0, 0.1) is 7.14 Å². The predicted octanol–water partition coefficient (Wildman–Crippen LogP) is 2.39. The second kappa shape index (κ2) is 9.95. The first-order chi connectivity index (χ1) is 10.0. The first kappa shape index (κ1) is 23.6. The minimum absolute atomic E-state index is 0. The Hall–Kier alpha value is 0.642. The molecule has 6 nitrogen and oxygen atoms in total. The van der Waals surface area contributed by atoms with Crippen molar-refractivity contribution in [2.45, 2.75) is 9.79 Å². The summed E-state index contributed by atoms with van der Waals surface area (Å²) in [6, 6.07) is 12.1. The molecule has 0 amide bonds. The molecule has 120 valence electrons. The summed E-state index contributed by atoms with van der Waals surface area (Å²) in [5, 5.41) is 0. The second-order valence-electron chi connectivity index (χ2n) is 3.77. The van der Waals surface area contributed by atoms with Gasteiger partial charge in [0.25, 0.3) is 0 Å². The standard InChI is InChI=1S/2C6H5IO3S.Cd/c2*7-5-3-1-2-4-6(5)11(8,9)10;/h2*1-4H,(H,8,9,10);/q;;+2/p-2. The van der Waals surface area contributed by atoms with Crippen LogP contribution in [-0.2, 0) is 47.5 Å². The van der Waals surface area contributed by atoms with Crippen LogP contribution >= 0.6 is 45.2 Å². The summed E-state index contributed by atoms with van der Waals surface area (Å²) in [5.74, 6) is 0. The van der Waals surface area contributed by atoms with Crippen molar-refractivity contribution in [2.24, 2.45) is 0 Å². The minimum Gasteiger partial charge on any atom is -0.744 e. The topological polar surface area (TPSA) is 114 Å². The molecule has 0 aliphatic heterocycles. The largest absolute Gasteiger partial charge is 2.00 e. The van der Waals surface area contributed by atoms with Gasteiger partial charge in [0.2, 0.25) is 0 Å². The monoisotopic (exact) mass is 680 g/mol. The molecule has 2 rings (SSSR count). The summed E-state index contributed by atoms with van der Waals surface area (Å²) < 4.78 is 63.9. The van der Waals surface area contributed by atoms with Gasteiger partial charge in [0.05, 0.1) is 9.79 Å². The summed E-state index contributed by atoms with van der Waals surface area (Å²) in [6.07, 6.45) is 0. The van der Waals surface area contributed by atoms with Gasteiger partial charge in [-0.25, -0.2) is 16.8 Å². The van der Waals surface area contributed by atoms with Gasteiger partial charge in [-0.05, 0) is 69.4 Å². The van der Waals surface area contributed by atoms with Crippen LogP contribution in [0.25, 0.3) is 0 Å². The maximum atomic E-state index is 10.5. The van der Waals surface area contributed by atoms with Gasteiger partial charge in [-0.15, -0.1) is 0 Å². The quantitative estimate of drug-likeness (QED) is 0.274.